The molecule has 0 spiro atoms. The first-order chi connectivity index (χ1) is 10.7. The van der Waals surface area contributed by atoms with Crippen molar-refractivity contribution in [3.05, 3.63) is 47.3 Å². The van der Waals surface area contributed by atoms with E-state index < -0.39 is 0 Å². The van der Waals surface area contributed by atoms with E-state index in [1.54, 1.807) is 6.20 Å². The number of nitrogens with one attached hydrogen (secondary N) is 1. The zero-order valence-corrected chi connectivity index (χ0v) is 13.7. The lowest BCUT2D eigenvalue weighted by molar-refractivity contribution is 0.0949. The molecule has 0 fully saturated rings. The minimum absolute atomic E-state index is 0.184. The molecule has 1 aromatic carbocycles. The molecule has 0 radical (unpaired) electrons. The molecule has 2 aromatic rings. The zero-order chi connectivity index (χ0) is 15.9. The molecule has 0 aliphatic rings. The van der Waals surface area contributed by atoms with Crippen molar-refractivity contribution in [3.8, 4) is 5.75 Å². The molecule has 0 unspecified atom stereocenters. The predicted octanol–water partition coefficient (Wildman–Crippen LogP) is 2.84. The second kappa shape index (κ2) is 7.79. The van der Waals surface area contributed by atoms with Gasteiger partial charge in [0.25, 0.3) is 5.91 Å². The standard InChI is InChI=1S/C16H19N3O2S/c1-4-21-14-8-6-5-7-12(14)9-17-15(20)13-10-18-16(22-3)19-11(13)2/h5-8,10H,4,9H2,1-3H3,(H,17,20). The van der Waals surface area contributed by atoms with Crippen molar-refractivity contribution < 1.29 is 9.53 Å². The number of amides is 1. The third-order valence-corrected chi connectivity index (χ3v) is 3.66. The second-order valence-electron chi connectivity index (χ2n) is 4.58. The van der Waals surface area contributed by atoms with Crippen LogP contribution < -0.4 is 10.1 Å². The molecule has 22 heavy (non-hydrogen) atoms. The molecule has 0 atom stereocenters. The fourth-order valence-corrected chi connectivity index (χ4v) is 2.37. The van der Waals surface area contributed by atoms with Gasteiger partial charge in [0.05, 0.1) is 17.9 Å². The molecule has 0 saturated carbocycles. The van der Waals surface area contributed by atoms with Gasteiger partial charge in [0.15, 0.2) is 5.16 Å². The van der Waals surface area contributed by atoms with Gasteiger partial charge in [-0.2, -0.15) is 0 Å². The van der Waals surface area contributed by atoms with Gasteiger partial charge in [-0.1, -0.05) is 30.0 Å². The van der Waals surface area contributed by atoms with Gasteiger partial charge in [0.2, 0.25) is 0 Å². The molecular formula is C16H19N3O2S. The van der Waals surface area contributed by atoms with Crippen LogP contribution in [0.25, 0.3) is 0 Å². The summed E-state index contributed by atoms with van der Waals surface area (Å²) in [6, 6.07) is 7.67. The van der Waals surface area contributed by atoms with Crippen molar-refractivity contribution in [1.29, 1.82) is 0 Å². The van der Waals surface area contributed by atoms with Gasteiger partial charge in [0, 0.05) is 18.3 Å². The molecule has 1 heterocycles. The van der Waals surface area contributed by atoms with Crippen molar-refractivity contribution in [1.82, 2.24) is 15.3 Å². The molecule has 1 aromatic heterocycles. The summed E-state index contributed by atoms with van der Waals surface area (Å²) in [6.45, 7) is 4.74. The summed E-state index contributed by atoms with van der Waals surface area (Å²) in [7, 11) is 0. The number of aromatic nitrogens is 2. The molecular weight excluding hydrogens is 298 g/mol. The van der Waals surface area contributed by atoms with Crippen LogP contribution in [0.4, 0.5) is 0 Å². The predicted molar refractivity (Wildman–Crippen MR) is 87.3 cm³/mol. The molecule has 5 nitrogen and oxygen atoms in total. The van der Waals surface area contributed by atoms with Crippen LogP contribution in [0.1, 0.15) is 28.5 Å². The SMILES string of the molecule is CCOc1ccccc1CNC(=O)c1cnc(SC)nc1C. The number of para-hydroxylation sites is 1. The van der Waals surface area contributed by atoms with Crippen molar-refractivity contribution in [2.45, 2.75) is 25.5 Å². The Morgan fingerprint density at radius 3 is 2.82 bits per heavy atom. The van der Waals surface area contributed by atoms with E-state index in [-0.39, 0.29) is 5.91 Å². The quantitative estimate of drug-likeness (QED) is 0.655. The summed E-state index contributed by atoms with van der Waals surface area (Å²) >= 11 is 1.45. The van der Waals surface area contributed by atoms with E-state index in [1.807, 2.05) is 44.4 Å². The summed E-state index contributed by atoms with van der Waals surface area (Å²) in [4.78, 5) is 20.7. The van der Waals surface area contributed by atoms with E-state index in [1.165, 1.54) is 11.8 Å². The molecule has 0 aliphatic carbocycles. The highest BCUT2D eigenvalue weighted by Gasteiger charge is 2.12. The molecule has 1 N–H and O–H groups in total. The van der Waals surface area contributed by atoms with Gasteiger partial charge in [-0.05, 0) is 26.2 Å². The minimum atomic E-state index is -0.184. The minimum Gasteiger partial charge on any atom is -0.494 e. The van der Waals surface area contributed by atoms with Gasteiger partial charge in [-0.25, -0.2) is 9.97 Å². The summed E-state index contributed by atoms with van der Waals surface area (Å²) in [6.07, 6.45) is 3.47. The number of nitrogens with zero attached hydrogens (tertiary/aromatic N) is 2. The average Bonchev–Trinajstić information content (AvgIpc) is 2.54. The molecule has 1 amide bonds. The number of hydrogen-bond acceptors (Lipinski definition) is 5. The van der Waals surface area contributed by atoms with Gasteiger partial charge >= 0.3 is 0 Å². The zero-order valence-electron chi connectivity index (χ0n) is 12.9. The highest BCUT2D eigenvalue weighted by atomic mass is 32.2. The molecule has 0 aliphatic heterocycles. The van der Waals surface area contributed by atoms with Crippen LogP contribution in [-0.4, -0.2) is 28.7 Å². The smallest absolute Gasteiger partial charge is 0.254 e. The Balaban J connectivity index is 2.07. The van der Waals surface area contributed by atoms with Crippen molar-refractivity contribution >= 4 is 17.7 Å². The normalized spacial score (nSPS) is 10.3. The summed E-state index contributed by atoms with van der Waals surface area (Å²) in [5, 5.41) is 3.55. The topological polar surface area (TPSA) is 64.1 Å². The maximum absolute atomic E-state index is 12.3. The lowest BCUT2D eigenvalue weighted by atomic mass is 10.2. The van der Waals surface area contributed by atoms with E-state index in [0.29, 0.717) is 29.6 Å². The van der Waals surface area contributed by atoms with Crippen LogP contribution in [0.5, 0.6) is 5.75 Å². The van der Waals surface area contributed by atoms with Crippen molar-refractivity contribution in [3.63, 3.8) is 0 Å². The maximum Gasteiger partial charge on any atom is 0.254 e. The van der Waals surface area contributed by atoms with Crippen LogP contribution >= 0.6 is 11.8 Å². The molecule has 116 valence electrons. The molecule has 2 rings (SSSR count). The van der Waals surface area contributed by atoms with E-state index in [9.17, 15) is 4.79 Å². The Hall–Kier alpha value is -2.08. The summed E-state index contributed by atoms with van der Waals surface area (Å²) < 4.78 is 5.55. The number of carbonyl (C=O) groups excluding carboxylic acids is 1. The fourth-order valence-electron chi connectivity index (χ4n) is 1.98. The monoisotopic (exact) mass is 317 g/mol. The third-order valence-electron chi connectivity index (χ3n) is 3.10. The van der Waals surface area contributed by atoms with E-state index in [0.717, 1.165) is 11.3 Å². The first-order valence-electron chi connectivity index (χ1n) is 7.02. The third kappa shape index (κ3) is 3.98. The highest BCUT2D eigenvalue weighted by Crippen LogP contribution is 2.18. The second-order valence-corrected chi connectivity index (χ2v) is 5.35. The first kappa shape index (κ1) is 16.3. The Kier molecular flexibility index (Phi) is 5.77. The highest BCUT2D eigenvalue weighted by molar-refractivity contribution is 7.98. The summed E-state index contributed by atoms with van der Waals surface area (Å²) in [5.41, 5.74) is 2.11. The van der Waals surface area contributed by atoms with E-state index in [4.69, 9.17) is 4.74 Å². The number of thioether (sulfide) groups is 1. The van der Waals surface area contributed by atoms with Crippen molar-refractivity contribution in [2.24, 2.45) is 0 Å². The molecule has 0 saturated heterocycles. The lowest BCUT2D eigenvalue weighted by Crippen LogP contribution is -2.24. The van der Waals surface area contributed by atoms with Gasteiger partial charge in [0.1, 0.15) is 5.75 Å². The largest absolute Gasteiger partial charge is 0.494 e. The lowest BCUT2D eigenvalue weighted by Gasteiger charge is -2.11. The van der Waals surface area contributed by atoms with Crippen LogP contribution in [-0.2, 0) is 6.54 Å². The maximum atomic E-state index is 12.3. The fraction of sp³-hybridized carbons (Fsp3) is 0.312. The van der Waals surface area contributed by atoms with E-state index >= 15 is 0 Å². The number of benzene rings is 1. The molecule has 6 heteroatoms. The Labute approximate surface area is 134 Å². The number of aryl methyl sites for hydroxylation is 1. The Morgan fingerprint density at radius 1 is 1.36 bits per heavy atom. The first-order valence-corrected chi connectivity index (χ1v) is 8.24. The van der Waals surface area contributed by atoms with Crippen LogP contribution in [0.3, 0.4) is 0 Å². The van der Waals surface area contributed by atoms with E-state index in [2.05, 4.69) is 15.3 Å². The number of hydrogen-bond donors (Lipinski definition) is 1. The Morgan fingerprint density at radius 2 is 2.14 bits per heavy atom. The Bertz CT molecular complexity index is 662. The number of carbonyl (C=O) groups is 1. The average molecular weight is 317 g/mol. The molecule has 0 bridgehead atoms. The number of rotatable bonds is 6. The van der Waals surface area contributed by atoms with Crippen molar-refractivity contribution in [2.75, 3.05) is 12.9 Å². The van der Waals surface area contributed by atoms with Gasteiger partial charge in [-0.15, -0.1) is 0 Å². The van der Waals surface area contributed by atoms with Gasteiger partial charge < -0.3 is 10.1 Å². The van der Waals surface area contributed by atoms with Gasteiger partial charge in [-0.3, -0.25) is 4.79 Å². The summed E-state index contributed by atoms with van der Waals surface area (Å²) in [5.74, 6) is 0.604. The van der Waals surface area contributed by atoms with Crippen LogP contribution in [0.2, 0.25) is 0 Å². The van der Waals surface area contributed by atoms with Crippen LogP contribution in [0.15, 0.2) is 35.6 Å². The van der Waals surface area contributed by atoms with Crippen LogP contribution in [0, 0.1) is 6.92 Å². The number of ether oxygens (including phenoxy) is 1.